The molecule has 3 aromatic carbocycles. The normalized spacial score (nSPS) is 15.5. The molecule has 4 rings (SSSR count). The maximum atomic E-state index is 13.6. The summed E-state index contributed by atoms with van der Waals surface area (Å²) in [5.74, 6) is -0.241. The van der Waals surface area contributed by atoms with Gasteiger partial charge in [0.15, 0.2) is 6.10 Å². The zero-order valence-electron chi connectivity index (χ0n) is 17.1. The first kappa shape index (κ1) is 19.9. The maximum absolute atomic E-state index is 13.6. The fraction of sp³-hybridized carbons (Fsp3) is 0.231. The van der Waals surface area contributed by atoms with E-state index in [1.807, 2.05) is 103 Å². The number of hydrogen-bond acceptors (Lipinski definition) is 3. The van der Waals surface area contributed by atoms with Crippen LogP contribution >= 0.6 is 0 Å². The summed E-state index contributed by atoms with van der Waals surface area (Å²) in [6.07, 6.45) is 0.575. The number of benzene rings is 3. The highest BCUT2D eigenvalue weighted by Gasteiger charge is 2.31. The largest absolute Gasteiger partial charge is 0.390 e. The molecule has 1 aliphatic heterocycles. The van der Waals surface area contributed by atoms with Gasteiger partial charge in [0.2, 0.25) is 5.91 Å². The average Bonchev–Trinajstić information content (AvgIpc) is 3.28. The summed E-state index contributed by atoms with van der Waals surface area (Å²) in [6.45, 7) is 3.15. The third kappa shape index (κ3) is 4.43. The van der Waals surface area contributed by atoms with Gasteiger partial charge in [-0.3, -0.25) is 4.79 Å². The molecule has 0 aliphatic carbocycles. The van der Waals surface area contributed by atoms with Crippen molar-refractivity contribution < 1.29 is 9.63 Å². The number of oxime groups is 1. The zero-order valence-corrected chi connectivity index (χ0v) is 17.1. The highest BCUT2D eigenvalue weighted by molar-refractivity contribution is 6.01. The minimum Gasteiger partial charge on any atom is -0.390 e. The minimum atomic E-state index is -0.330. The van der Waals surface area contributed by atoms with Crippen LogP contribution < -0.4 is 0 Å². The summed E-state index contributed by atoms with van der Waals surface area (Å²) in [4.78, 5) is 21.2. The minimum absolute atomic E-state index is 0.0895. The lowest BCUT2D eigenvalue weighted by atomic mass is 9.90. The van der Waals surface area contributed by atoms with Crippen molar-refractivity contribution in [2.24, 2.45) is 5.16 Å². The van der Waals surface area contributed by atoms with Gasteiger partial charge in [0.05, 0.1) is 18.2 Å². The molecule has 0 bridgehead atoms. The fourth-order valence-corrected chi connectivity index (χ4v) is 3.90. The Morgan fingerprint density at radius 1 is 0.933 bits per heavy atom. The first-order chi connectivity index (χ1) is 14.8. The summed E-state index contributed by atoms with van der Waals surface area (Å²) in [5.41, 5.74) is 4.01. The van der Waals surface area contributed by atoms with Gasteiger partial charge < -0.3 is 9.74 Å². The molecule has 0 spiro atoms. The molecule has 1 atom stereocenters. The predicted molar refractivity (Wildman–Crippen MR) is 119 cm³/mol. The standard InChI is InChI=1S/C26H26N2O2/c1-2-28(19-23-18-24(27-30-23)20-12-6-3-7-13-20)26(29)25(21-14-8-4-9-15-21)22-16-10-5-11-17-22/h3-17,23,25H,2,18-19H2,1H3. The molecule has 0 N–H and O–H groups in total. The van der Waals surface area contributed by atoms with E-state index in [9.17, 15) is 4.79 Å². The van der Waals surface area contributed by atoms with Crippen molar-refractivity contribution in [1.82, 2.24) is 4.90 Å². The first-order valence-corrected chi connectivity index (χ1v) is 10.4. The molecule has 0 saturated heterocycles. The van der Waals surface area contributed by atoms with E-state index in [1.165, 1.54) is 0 Å². The Hall–Kier alpha value is -3.40. The highest BCUT2D eigenvalue weighted by atomic mass is 16.6. The van der Waals surface area contributed by atoms with Crippen LogP contribution in [0.3, 0.4) is 0 Å². The van der Waals surface area contributed by atoms with E-state index < -0.39 is 0 Å². The van der Waals surface area contributed by atoms with Crippen molar-refractivity contribution in [2.45, 2.75) is 25.4 Å². The van der Waals surface area contributed by atoms with Crippen molar-refractivity contribution in [3.8, 4) is 0 Å². The van der Waals surface area contributed by atoms with Crippen LogP contribution in [0.1, 0.15) is 36.0 Å². The Kier molecular flexibility index (Phi) is 6.23. The third-order valence-electron chi connectivity index (χ3n) is 5.47. The van der Waals surface area contributed by atoms with Gasteiger partial charge in [0.25, 0.3) is 0 Å². The average molecular weight is 399 g/mol. The summed E-state index contributed by atoms with van der Waals surface area (Å²) in [7, 11) is 0. The summed E-state index contributed by atoms with van der Waals surface area (Å²) in [5, 5.41) is 4.27. The molecule has 0 saturated carbocycles. The molecule has 4 nitrogen and oxygen atoms in total. The molecule has 0 fully saturated rings. The molecule has 1 heterocycles. The summed E-state index contributed by atoms with van der Waals surface area (Å²) >= 11 is 0. The third-order valence-corrected chi connectivity index (χ3v) is 5.47. The lowest BCUT2D eigenvalue weighted by molar-refractivity contribution is -0.133. The second-order valence-electron chi connectivity index (χ2n) is 7.47. The molecule has 0 radical (unpaired) electrons. The molecule has 1 unspecified atom stereocenters. The van der Waals surface area contributed by atoms with Gasteiger partial charge in [-0.2, -0.15) is 0 Å². The lowest BCUT2D eigenvalue weighted by Gasteiger charge is -2.28. The molecular formula is C26H26N2O2. The first-order valence-electron chi connectivity index (χ1n) is 10.4. The maximum Gasteiger partial charge on any atom is 0.234 e. The number of carbonyl (C=O) groups is 1. The topological polar surface area (TPSA) is 41.9 Å². The van der Waals surface area contributed by atoms with Crippen molar-refractivity contribution in [2.75, 3.05) is 13.1 Å². The second kappa shape index (κ2) is 9.40. The van der Waals surface area contributed by atoms with Crippen LogP contribution in [0, 0.1) is 0 Å². The van der Waals surface area contributed by atoms with Crippen LogP contribution in [0.4, 0.5) is 0 Å². The predicted octanol–water partition coefficient (Wildman–Crippen LogP) is 4.86. The van der Waals surface area contributed by atoms with Crippen molar-refractivity contribution in [1.29, 1.82) is 0 Å². The van der Waals surface area contributed by atoms with E-state index >= 15 is 0 Å². The number of hydrogen-bond donors (Lipinski definition) is 0. The fourth-order valence-electron chi connectivity index (χ4n) is 3.90. The van der Waals surface area contributed by atoms with Gasteiger partial charge >= 0.3 is 0 Å². The van der Waals surface area contributed by atoms with Crippen LogP contribution in [0.25, 0.3) is 0 Å². The van der Waals surface area contributed by atoms with Crippen LogP contribution in [-0.2, 0) is 9.63 Å². The number of rotatable bonds is 7. The van der Waals surface area contributed by atoms with E-state index in [0.717, 1.165) is 22.4 Å². The van der Waals surface area contributed by atoms with Crippen molar-refractivity contribution >= 4 is 11.6 Å². The van der Waals surface area contributed by atoms with E-state index in [2.05, 4.69) is 5.16 Å². The Morgan fingerprint density at radius 3 is 2.00 bits per heavy atom. The van der Waals surface area contributed by atoms with Gasteiger partial charge in [0, 0.05) is 13.0 Å². The lowest BCUT2D eigenvalue weighted by Crippen LogP contribution is -2.40. The van der Waals surface area contributed by atoms with Gasteiger partial charge in [-0.05, 0) is 23.6 Å². The highest BCUT2D eigenvalue weighted by Crippen LogP contribution is 2.28. The Morgan fingerprint density at radius 2 is 1.47 bits per heavy atom. The molecule has 1 amide bonds. The molecule has 1 aliphatic rings. The van der Waals surface area contributed by atoms with Gasteiger partial charge in [0.1, 0.15) is 0 Å². The SMILES string of the molecule is CCN(CC1CC(c2ccccc2)=NO1)C(=O)C(c1ccccc1)c1ccccc1. The summed E-state index contributed by atoms with van der Waals surface area (Å²) in [6, 6.07) is 30.0. The second-order valence-corrected chi connectivity index (χ2v) is 7.47. The Balaban J connectivity index is 1.51. The Labute approximate surface area is 177 Å². The number of nitrogens with zero attached hydrogens (tertiary/aromatic N) is 2. The number of carbonyl (C=O) groups excluding carboxylic acids is 1. The Bertz CT molecular complexity index is 948. The zero-order chi connectivity index (χ0) is 20.8. The molecule has 152 valence electrons. The van der Waals surface area contributed by atoms with Crippen LogP contribution in [-0.4, -0.2) is 35.7 Å². The van der Waals surface area contributed by atoms with Crippen LogP contribution in [0.15, 0.2) is 96.2 Å². The van der Waals surface area contributed by atoms with Gasteiger partial charge in [-0.1, -0.05) is 96.2 Å². The molecule has 3 aromatic rings. The smallest absolute Gasteiger partial charge is 0.234 e. The summed E-state index contributed by atoms with van der Waals surface area (Å²) < 4.78 is 0. The van der Waals surface area contributed by atoms with E-state index in [4.69, 9.17) is 4.84 Å². The van der Waals surface area contributed by atoms with E-state index in [1.54, 1.807) is 0 Å². The van der Waals surface area contributed by atoms with E-state index in [-0.39, 0.29) is 17.9 Å². The van der Waals surface area contributed by atoms with E-state index in [0.29, 0.717) is 19.5 Å². The van der Waals surface area contributed by atoms with Crippen LogP contribution in [0.2, 0.25) is 0 Å². The molecule has 0 aromatic heterocycles. The quantitative estimate of drug-likeness (QED) is 0.570. The van der Waals surface area contributed by atoms with Crippen molar-refractivity contribution in [3.63, 3.8) is 0 Å². The molecular weight excluding hydrogens is 372 g/mol. The molecule has 30 heavy (non-hydrogen) atoms. The van der Waals surface area contributed by atoms with Crippen LogP contribution in [0.5, 0.6) is 0 Å². The monoisotopic (exact) mass is 398 g/mol. The van der Waals surface area contributed by atoms with Gasteiger partial charge in [-0.25, -0.2) is 0 Å². The van der Waals surface area contributed by atoms with Crippen molar-refractivity contribution in [3.05, 3.63) is 108 Å². The number of amides is 1. The number of likely N-dealkylation sites (N-methyl/N-ethyl adjacent to an activating group) is 1. The van der Waals surface area contributed by atoms with Gasteiger partial charge in [-0.15, -0.1) is 0 Å². The molecule has 4 heteroatoms.